The smallest absolute Gasteiger partial charge is 0.0718 e. The second-order valence-electron chi connectivity index (χ2n) is 2.78. The van der Waals surface area contributed by atoms with E-state index >= 15 is 0 Å². The lowest BCUT2D eigenvalue weighted by Crippen LogP contribution is -2.29. The quantitative estimate of drug-likeness (QED) is 0.634. The topological polar surface area (TPSA) is 35.2 Å². The van der Waals surface area contributed by atoms with Crippen LogP contribution in [-0.4, -0.2) is 19.8 Å². The van der Waals surface area contributed by atoms with E-state index in [1.165, 1.54) is 12.8 Å². The van der Waals surface area contributed by atoms with Crippen molar-refractivity contribution in [1.29, 1.82) is 0 Å². The first-order valence-electron chi connectivity index (χ1n) is 3.99. The third kappa shape index (κ3) is 3.18. The first kappa shape index (κ1) is 9.92. The van der Waals surface area contributed by atoms with Gasteiger partial charge in [-0.05, 0) is 12.3 Å². The highest BCUT2D eigenvalue weighted by atomic mass is 16.5. The van der Waals surface area contributed by atoms with Crippen LogP contribution in [0.5, 0.6) is 0 Å². The molecule has 0 rings (SSSR count). The van der Waals surface area contributed by atoms with E-state index in [2.05, 4.69) is 13.8 Å². The fourth-order valence-corrected chi connectivity index (χ4v) is 1.20. The molecule has 0 saturated heterocycles. The maximum atomic E-state index is 5.49. The molecule has 0 aliphatic carbocycles. The SMILES string of the molecule is CCCC(C)C(CN)OC. The van der Waals surface area contributed by atoms with E-state index < -0.39 is 0 Å². The maximum Gasteiger partial charge on any atom is 0.0718 e. The minimum absolute atomic E-state index is 0.250. The average molecular weight is 145 g/mol. The van der Waals surface area contributed by atoms with Crippen molar-refractivity contribution in [2.24, 2.45) is 11.7 Å². The van der Waals surface area contributed by atoms with E-state index in [0.717, 1.165) is 0 Å². The lowest BCUT2D eigenvalue weighted by Gasteiger charge is -2.19. The standard InChI is InChI=1S/C8H19NO/c1-4-5-7(2)8(6-9)10-3/h7-8H,4-6,9H2,1-3H3. The number of rotatable bonds is 5. The fourth-order valence-electron chi connectivity index (χ4n) is 1.20. The molecular formula is C8H19NO. The average Bonchev–Trinajstić information content (AvgIpc) is 1.91. The lowest BCUT2D eigenvalue weighted by atomic mass is 9.99. The van der Waals surface area contributed by atoms with Gasteiger partial charge < -0.3 is 10.5 Å². The molecule has 0 saturated carbocycles. The van der Waals surface area contributed by atoms with E-state index in [-0.39, 0.29) is 6.10 Å². The zero-order valence-corrected chi connectivity index (χ0v) is 7.26. The zero-order chi connectivity index (χ0) is 7.98. The molecule has 0 aliphatic heterocycles. The van der Waals surface area contributed by atoms with Crippen LogP contribution in [-0.2, 0) is 4.74 Å². The van der Waals surface area contributed by atoms with Gasteiger partial charge >= 0.3 is 0 Å². The highest BCUT2D eigenvalue weighted by Crippen LogP contribution is 2.11. The summed E-state index contributed by atoms with van der Waals surface area (Å²) in [4.78, 5) is 0. The van der Waals surface area contributed by atoms with E-state index in [4.69, 9.17) is 10.5 Å². The Morgan fingerprint density at radius 1 is 1.50 bits per heavy atom. The number of methoxy groups -OCH3 is 1. The van der Waals surface area contributed by atoms with Gasteiger partial charge in [0, 0.05) is 13.7 Å². The Labute approximate surface area is 63.7 Å². The molecule has 0 aromatic rings. The van der Waals surface area contributed by atoms with Gasteiger partial charge in [-0.15, -0.1) is 0 Å². The van der Waals surface area contributed by atoms with Crippen LogP contribution < -0.4 is 5.73 Å². The molecular weight excluding hydrogens is 126 g/mol. The Morgan fingerprint density at radius 3 is 2.40 bits per heavy atom. The van der Waals surface area contributed by atoms with Crippen molar-refractivity contribution in [2.45, 2.75) is 32.8 Å². The van der Waals surface area contributed by atoms with Crippen molar-refractivity contribution in [3.05, 3.63) is 0 Å². The molecule has 2 heteroatoms. The van der Waals surface area contributed by atoms with Crippen LogP contribution in [0.15, 0.2) is 0 Å². The van der Waals surface area contributed by atoms with Gasteiger partial charge in [0.05, 0.1) is 6.10 Å². The van der Waals surface area contributed by atoms with E-state index in [9.17, 15) is 0 Å². The highest BCUT2D eigenvalue weighted by Gasteiger charge is 2.12. The molecule has 0 aliphatic rings. The molecule has 0 amide bonds. The van der Waals surface area contributed by atoms with Crippen LogP contribution in [0.2, 0.25) is 0 Å². The summed E-state index contributed by atoms with van der Waals surface area (Å²) in [5, 5.41) is 0. The van der Waals surface area contributed by atoms with Gasteiger partial charge in [-0.25, -0.2) is 0 Å². The predicted octanol–water partition coefficient (Wildman–Crippen LogP) is 1.40. The second kappa shape index (κ2) is 5.69. The number of nitrogens with two attached hydrogens (primary N) is 1. The van der Waals surface area contributed by atoms with Crippen LogP contribution in [0, 0.1) is 5.92 Å². The van der Waals surface area contributed by atoms with Crippen molar-refractivity contribution in [2.75, 3.05) is 13.7 Å². The summed E-state index contributed by atoms with van der Waals surface area (Å²) in [6.07, 6.45) is 2.66. The van der Waals surface area contributed by atoms with E-state index in [1.807, 2.05) is 0 Å². The summed E-state index contributed by atoms with van der Waals surface area (Å²) < 4.78 is 5.19. The van der Waals surface area contributed by atoms with Crippen molar-refractivity contribution >= 4 is 0 Å². The van der Waals surface area contributed by atoms with E-state index in [0.29, 0.717) is 12.5 Å². The Kier molecular flexibility index (Phi) is 5.64. The summed E-state index contributed by atoms with van der Waals surface area (Å²) >= 11 is 0. The summed E-state index contributed by atoms with van der Waals surface area (Å²) in [5.74, 6) is 0.597. The van der Waals surface area contributed by atoms with Gasteiger partial charge in [-0.2, -0.15) is 0 Å². The molecule has 0 bridgehead atoms. The Balaban J connectivity index is 3.53. The summed E-state index contributed by atoms with van der Waals surface area (Å²) in [6, 6.07) is 0. The maximum absolute atomic E-state index is 5.49. The number of ether oxygens (including phenoxy) is 1. The highest BCUT2D eigenvalue weighted by molar-refractivity contribution is 4.65. The van der Waals surface area contributed by atoms with Crippen molar-refractivity contribution in [1.82, 2.24) is 0 Å². The molecule has 2 atom stereocenters. The second-order valence-corrected chi connectivity index (χ2v) is 2.78. The molecule has 0 radical (unpaired) electrons. The molecule has 62 valence electrons. The minimum atomic E-state index is 0.250. The Morgan fingerprint density at radius 2 is 2.10 bits per heavy atom. The molecule has 2 unspecified atom stereocenters. The third-order valence-corrected chi connectivity index (χ3v) is 1.91. The minimum Gasteiger partial charge on any atom is -0.380 e. The van der Waals surface area contributed by atoms with Gasteiger partial charge in [0.15, 0.2) is 0 Å². The monoisotopic (exact) mass is 145 g/mol. The van der Waals surface area contributed by atoms with Crippen LogP contribution in [0.25, 0.3) is 0 Å². The van der Waals surface area contributed by atoms with Crippen molar-refractivity contribution < 1.29 is 4.74 Å². The number of hydrogen-bond donors (Lipinski definition) is 1. The van der Waals surface area contributed by atoms with Crippen molar-refractivity contribution in [3.63, 3.8) is 0 Å². The predicted molar refractivity (Wildman–Crippen MR) is 43.9 cm³/mol. The van der Waals surface area contributed by atoms with Crippen LogP contribution in [0.1, 0.15) is 26.7 Å². The molecule has 0 fully saturated rings. The van der Waals surface area contributed by atoms with Crippen LogP contribution in [0.4, 0.5) is 0 Å². The van der Waals surface area contributed by atoms with Gasteiger partial charge in [0.25, 0.3) is 0 Å². The van der Waals surface area contributed by atoms with Gasteiger partial charge in [-0.3, -0.25) is 0 Å². The van der Waals surface area contributed by atoms with Crippen LogP contribution in [0.3, 0.4) is 0 Å². The Hall–Kier alpha value is -0.0800. The van der Waals surface area contributed by atoms with Gasteiger partial charge in [0.1, 0.15) is 0 Å². The molecule has 10 heavy (non-hydrogen) atoms. The van der Waals surface area contributed by atoms with Gasteiger partial charge in [0.2, 0.25) is 0 Å². The first-order chi connectivity index (χ1) is 4.76. The number of hydrogen-bond acceptors (Lipinski definition) is 2. The third-order valence-electron chi connectivity index (χ3n) is 1.91. The summed E-state index contributed by atoms with van der Waals surface area (Å²) in [5.41, 5.74) is 5.49. The van der Waals surface area contributed by atoms with Crippen LogP contribution >= 0.6 is 0 Å². The largest absolute Gasteiger partial charge is 0.380 e. The molecule has 0 heterocycles. The normalized spacial score (nSPS) is 16.8. The first-order valence-corrected chi connectivity index (χ1v) is 3.99. The molecule has 0 spiro atoms. The molecule has 2 N–H and O–H groups in total. The zero-order valence-electron chi connectivity index (χ0n) is 7.26. The lowest BCUT2D eigenvalue weighted by molar-refractivity contribution is 0.0620. The van der Waals surface area contributed by atoms with Crippen molar-refractivity contribution in [3.8, 4) is 0 Å². The van der Waals surface area contributed by atoms with Gasteiger partial charge in [-0.1, -0.05) is 20.3 Å². The molecule has 2 nitrogen and oxygen atoms in total. The fraction of sp³-hybridized carbons (Fsp3) is 1.00. The summed E-state index contributed by atoms with van der Waals surface area (Å²) in [7, 11) is 1.73. The molecule has 0 aromatic carbocycles. The molecule has 0 aromatic heterocycles. The Bertz CT molecular complexity index is 71.7. The summed E-state index contributed by atoms with van der Waals surface area (Å²) in [6.45, 7) is 5.00. The van der Waals surface area contributed by atoms with E-state index in [1.54, 1.807) is 7.11 Å².